The Balaban J connectivity index is 0.00000225. The van der Waals surface area contributed by atoms with Gasteiger partial charge < -0.3 is 9.87 Å². The van der Waals surface area contributed by atoms with Gasteiger partial charge in [-0.25, -0.2) is 8.42 Å². The van der Waals surface area contributed by atoms with E-state index in [1.165, 1.54) is 5.56 Å². The van der Waals surface area contributed by atoms with Crippen molar-refractivity contribution < 1.29 is 42.5 Å². The third kappa shape index (κ3) is 8.69. The normalized spacial score (nSPS) is 11.1. The molecule has 0 saturated heterocycles. The molecule has 0 unspecified atom stereocenters. The summed E-state index contributed by atoms with van der Waals surface area (Å²) in [4.78, 5) is 0. The summed E-state index contributed by atoms with van der Waals surface area (Å²) in [5, 5.41) is 7.21. The second kappa shape index (κ2) is 8.63. The molecule has 0 spiro atoms. The van der Waals surface area contributed by atoms with Crippen LogP contribution < -0.4 is 34.9 Å². The fraction of sp³-hybridized carbons (Fsp3) is 0.556. The first-order valence-electron chi connectivity index (χ1n) is 4.73. The van der Waals surface area contributed by atoms with Gasteiger partial charge >= 0.3 is 29.6 Å². The summed E-state index contributed by atoms with van der Waals surface area (Å²) in [6.07, 6.45) is 1.32. The molecule has 1 aromatic heterocycles. The number of rotatable bonds is 7. The summed E-state index contributed by atoms with van der Waals surface area (Å²) in [7, 11) is -4.04. The minimum atomic E-state index is -4.04. The maximum atomic E-state index is 10.3. The van der Waals surface area contributed by atoms with Crippen molar-refractivity contribution in [3.8, 4) is 0 Å². The molecule has 0 aliphatic carbocycles. The van der Waals surface area contributed by atoms with Gasteiger partial charge in [-0.3, -0.25) is 0 Å². The number of nitrogens with one attached hydrogen (secondary N) is 1. The third-order valence-corrected chi connectivity index (χ3v) is 3.44. The summed E-state index contributed by atoms with van der Waals surface area (Å²) in [5.41, 5.74) is 1.28. The molecule has 0 aliphatic heterocycles. The molecule has 1 rings (SSSR count). The van der Waals surface area contributed by atoms with E-state index in [0.717, 1.165) is 13.0 Å². The van der Waals surface area contributed by atoms with Gasteiger partial charge in [-0.05, 0) is 48.3 Å². The zero-order chi connectivity index (χ0) is 11.1. The molecule has 0 aromatic carbocycles. The Hall–Kier alpha value is 0.570. The molecule has 1 N–H and O–H groups in total. The van der Waals surface area contributed by atoms with Crippen LogP contribution in [0.5, 0.6) is 0 Å². The maximum Gasteiger partial charge on any atom is 1.00 e. The Bertz CT molecular complexity index is 364. The van der Waals surface area contributed by atoms with Gasteiger partial charge in [-0.15, -0.1) is 0 Å². The molecule has 1 aromatic rings. The van der Waals surface area contributed by atoms with E-state index in [4.69, 9.17) is 0 Å². The predicted molar refractivity (Wildman–Crippen MR) is 60.1 cm³/mol. The molecular formula is C9H14NNaO3S2. The van der Waals surface area contributed by atoms with E-state index in [9.17, 15) is 13.0 Å². The van der Waals surface area contributed by atoms with Crippen LogP contribution in [0.4, 0.5) is 0 Å². The summed E-state index contributed by atoms with van der Waals surface area (Å²) in [6, 6.07) is 2.06. The van der Waals surface area contributed by atoms with E-state index >= 15 is 0 Å². The Kier molecular flexibility index (Phi) is 8.94. The van der Waals surface area contributed by atoms with Crippen molar-refractivity contribution in [2.24, 2.45) is 0 Å². The number of thiophene rings is 1. The van der Waals surface area contributed by atoms with Gasteiger partial charge in [0.25, 0.3) is 0 Å². The molecule has 1 heterocycles. The van der Waals surface area contributed by atoms with E-state index < -0.39 is 10.1 Å². The van der Waals surface area contributed by atoms with Gasteiger partial charge in [0.15, 0.2) is 0 Å². The SMILES string of the molecule is O=S(=O)([O-])CCCNCCc1ccsc1.[Na+]. The van der Waals surface area contributed by atoms with Gasteiger partial charge in [-0.2, -0.15) is 11.3 Å². The zero-order valence-electron chi connectivity index (χ0n) is 9.31. The van der Waals surface area contributed by atoms with E-state index in [0.29, 0.717) is 13.0 Å². The van der Waals surface area contributed by atoms with E-state index in [2.05, 4.69) is 16.8 Å². The molecule has 0 fully saturated rings. The van der Waals surface area contributed by atoms with Crippen LogP contribution in [0.15, 0.2) is 16.8 Å². The van der Waals surface area contributed by atoms with Crippen molar-refractivity contribution in [3.05, 3.63) is 22.4 Å². The first-order valence-corrected chi connectivity index (χ1v) is 7.25. The molecule has 16 heavy (non-hydrogen) atoms. The van der Waals surface area contributed by atoms with Crippen molar-refractivity contribution in [1.82, 2.24) is 5.32 Å². The minimum Gasteiger partial charge on any atom is -0.748 e. The van der Waals surface area contributed by atoms with Crippen LogP contribution in [0.1, 0.15) is 12.0 Å². The summed E-state index contributed by atoms with van der Waals surface area (Å²) >= 11 is 1.66. The quantitative estimate of drug-likeness (QED) is 0.348. The van der Waals surface area contributed by atoms with Crippen molar-refractivity contribution >= 4 is 21.5 Å². The Morgan fingerprint density at radius 1 is 1.38 bits per heavy atom. The van der Waals surface area contributed by atoms with Crippen molar-refractivity contribution in [3.63, 3.8) is 0 Å². The Morgan fingerprint density at radius 3 is 2.69 bits per heavy atom. The predicted octanol–water partition coefficient (Wildman–Crippen LogP) is -2.18. The largest absolute Gasteiger partial charge is 1.00 e. The fourth-order valence-corrected chi connectivity index (χ4v) is 2.37. The maximum absolute atomic E-state index is 10.3. The van der Waals surface area contributed by atoms with Crippen LogP contribution in [0.3, 0.4) is 0 Å². The van der Waals surface area contributed by atoms with Crippen molar-refractivity contribution in [1.29, 1.82) is 0 Å². The summed E-state index contributed by atoms with van der Waals surface area (Å²) < 4.78 is 30.8. The molecule has 7 heteroatoms. The van der Waals surface area contributed by atoms with Crippen LogP contribution in [0.25, 0.3) is 0 Å². The molecule has 0 radical (unpaired) electrons. The van der Waals surface area contributed by atoms with Crippen LogP contribution >= 0.6 is 11.3 Å². The van der Waals surface area contributed by atoms with Crippen molar-refractivity contribution in [2.75, 3.05) is 18.8 Å². The van der Waals surface area contributed by atoms with Gasteiger partial charge in [0.05, 0.1) is 10.1 Å². The second-order valence-corrected chi connectivity index (χ2v) is 5.55. The number of hydrogen-bond acceptors (Lipinski definition) is 5. The van der Waals surface area contributed by atoms with Crippen LogP contribution in [-0.2, 0) is 16.5 Å². The standard InChI is InChI=1S/C9H15NO3S2.Na/c11-15(12,13)7-1-4-10-5-2-9-3-6-14-8-9;/h3,6,8,10H,1-2,4-5,7H2,(H,11,12,13);/q;+1/p-1. The Morgan fingerprint density at radius 2 is 2.12 bits per heavy atom. The zero-order valence-corrected chi connectivity index (χ0v) is 12.9. The third-order valence-electron chi connectivity index (χ3n) is 1.92. The smallest absolute Gasteiger partial charge is 0.748 e. The molecular weight excluding hydrogens is 257 g/mol. The average molecular weight is 271 g/mol. The summed E-state index contributed by atoms with van der Waals surface area (Å²) in [5.74, 6) is -0.279. The monoisotopic (exact) mass is 271 g/mol. The molecule has 0 atom stereocenters. The van der Waals surface area contributed by atoms with Crippen LogP contribution in [-0.4, -0.2) is 31.8 Å². The molecule has 0 amide bonds. The van der Waals surface area contributed by atoms with Gasteiger partial charge in [0.2, 0.25) is 0 Å². The number of hydrogen-bond donors (Lipinski definition) is 1. The molecule has 86 valence electrons. The summed E-state index contributed by atoms with van der Waals surface area (Å²) in [6.45, 7) is 1.39. The van der Waals surface area contributed by atoms with E-state index in [-0.39, 0.29) is 35.3 Å². The minimum absolute atomic E-state index is 0. The van der Waals surface area contributed by atoms with Gasteiger partial charge in [0.1, 0.15) is 0 Å². The fourth-order valence-electron chi connectivity index (χ4n) is 1.17. The molecule has 0 bridgehead atoms. The Labute approximate surface area is 122 Å². The first kappa shape index (κ1) is 16.6. The van der Waals surface area contributed by atoms with Crippen molar-refractivity contribution in [2.45, 2.75) is 12.8 Å². The van der Waals surface area contributed by atoms with Crippen LogP contribution in [0.2, 0.25) is 0 Å². The second-order valence-electron chi connectivity index (χ2n) is 3.25. The van der Waals surface area contributed by atoms with Crippen LogP contribution in [0, 0.1) is 0 Å². The molecule has 4 nitrogen and oxygen atoms in total. The van der Waals surface area contributed by atoms with Gasteiger partial charge in [-0.1, -0.05) is 0 Å². The van der Waals surface area contributed by atoms with Gasteiger partial charge in [0, 0.05) is 5.75 Å². The molecule has 0 aliphatic rings. The average Bonchev–Trinajstić information content (AvgIpc) is 2.61. The first-order chi connectivity index (χ1) is 7.08. The van der Waals surface area contributed by atoms with E-state index in [1.807, 2.05) is 5.38 Å². The van der Waals surface area contributed by atoms with E-state index in [1.54, 1.807) is 11.3 Å². The molecule has 0 saturated carbocycles. The topological polar surface area (TPSA) is 69.2 Å².